The van der Waals surface area contributed by atoms with Crippen molar-refractivity contribution in [2.24, 2.45) is 0 Å². The summed E-state index contributed by atoms with van der Waals surface area (Å²) in [6.07, 6.45) is -1.22. The number of carbonyl (C=O) groups is 6. The molecule has 0 spiro atoms. The largest absolute Gasteiger partial charge is 0.445 e. The van der Waals surface area contributed by atoms with Crippen LogP contribution in [0, 0.1) is 0 Å². The fourth-order valence-electron chi connectivity index (χ4n) is 4.16. The van der Waals surface area contributed by atoms with Gasteiger partial charge in [-0.25, -0.2) is 4.79 Å². The summed E-state index contributed by atoms with van der Waals surface area (Å²) in [6, 6.07) is 13.3. The number of nitrogens with one attached hydrogen (secondary N) is 3. The predicted molar refractivity (Wildman–Crippen MR) is 121 cm³/mol. The number of rotatable bonds is 6. The minimum atomic E-state index is -1.87. The lowest BCUT2D eigenvalue weighted by atomic mass is 9.86. The molecule has 1 unspecified atom stereocenters. The lowest BCUT2D eigenvalue weighted by Crippen LogP contribution is -2.68. The molecule has 6 amide bonds. The van der Waals surface area contributed by atoms with Crippen LogP contribution in [-0.2, 0) is 25.7 Å². The Kier molecular flexibility index (Phi) is 6.32. The van der Waals surface area contributed by atoms with Crippen molar-refractivity contribution in [2.45, 2.75) is 31.9 Å². The second-order valence-electron chi connectivity index (χ2n) is 8.18. The van der Waals surface area contributed by atoms with Gasteiger partial charge in [-0.3, -0.25) is 34.2 Å². The number of nitrogens with zero attached hydrogens (tertiary/aromatic N) is 1. The molecular weight excluding hydrogens is 456 g/mol. The molecule has 0 saturated carbocycles. The maximum absolute atomic E-state index is 13.4. The van der Waals surface area contributed by atoms with E-state index in [1.54, 1.807) is 24.3 Å². The number of hydrogen-bond acceptors (Lipinski definition) is 7. The number of anilines is 1. The molecule has 1 saturated heterocycles. The number of amides is 6. The van der Waals surface area contributed by atoms with Crippen LogP contribution >= 0.6 is 0 Å². The molecule has 1 fully saturated rings. The fourth-order valence-corrected chi connectivity index (χ4v) is 4.16. The summed E-state index contributed by atoms with van der Waals surface area (Å²) in [7, 11) is 0. The van der Waals surface area contributed by atoms with Crippen molar-refractivity contribution in [2.75, 3.05) is 11.9 Å². The van der Waals surface area contributed by atoms with E-state index in [1.165, 1.54) is 25.1 Å². The molecule has 2 aliphatic rings. The molecule has 0 bridgehead atoms. The van der Waals surface area contributed by atoms with Gasteiger partial charge in [0.15, 0.2) is 0 Å². The van der Waals surface area contributed by atoms with Gasteiger partial charge in [0.25, 0.3) is 17.7 Å². The average Bonchev–Trinajstić information content (AvgIpc) is 3.09. The number of carbonyl (C=O) groups excluding carboxylic acids is 6. The summed E-state index contributed by atoms with van der Waals surface area (Å²) in [5.74, 6) is -3.50. The molecule has 2 aliphatic heterocycles. The van der Waals surface area contributed by atoms with Gasteiger partial charge >= 0.3 is 6.09 Å². The monoisotopic (exact) mass is 478 g/mol. The Bertz CT molecular complexity index is 1240. The van der Waals surface area contributed by atoms with E-state index >= 15 is 0 Å². The minimum Gasteiger partial charge on any atom is -0.445 e. The van der Waals surface area contributed by atoms with Gasteiger partial charge in [-0.05, 0) is 24.1 Å². The number of hydrogen-bond donors (Lipinski definition) is 3. The number of fused-ring (bicyclic) bond motifs is 1. The first kappa shape index (κ1) is 23.6. The summed E-state index contributed by atoms with van der Waals surface area (Å²) in [6.45, 7) is 0.753. The Morgan fingerprint density at radius 1 is 1.03 bits per heavy atom. The summed E-state index contributed by atoms with van der Waals surface area (Å²) < 4.78 is 5.18. The first-order chi connectivity index (χ1) is 16.7. The lowest BCUT2D eigenvalue weighted by molar-refractivity contribution is -0.141. The van der Waals surface area contributed by atoms with Crippen molar-refractivity contribution in [1.29, 1.82) is 0 Å². The number of imide groups is 2. The van der Waals surface area contributed by atoms with Crippen molar-refractivity contribution in [3.05, 3.63) is 65.2 Å². The van der Waals surface area contributed by atoms with Crippen LogP contribution in [0.4, 0.5) is 10.5 Å². The SMILES string of the molecule is CC(=O)Nc1cccc2c1C(=O)N(C1(CNC(=O)OCc3ccccc3)CCC(=O)NC1=O)C2=O. The molecule has 2 aromatic carbocycles. The van der Waals surface area contributed by atoms with Crippen LogP contribution < -0.4 is 16.0 Å². The maximum atomic E-state index is 13.4. The molecule has 0 radical (unpaired) electrons. The van der Waals surface area contributed by atoms with Gasteiger partial charge in [0.2, 0.25) is 11.8 Å². The van der Waals surface area contributed by atoms with Crippen LogP contribution in [0.15, 0.2) is 48.5 Å². The van der Waals surface area contributed by atoms with E-state index in [2.05, 4.69) is 16.0 Å². The molecular formula is C24H22N4O7. The second-order valence-corrected chi connectivity index (χ2v) is 8.18. The van der Waals surface area contributed by atoms with Crippen LogP contribution in [-0.4, -0.2) is 52.6 Å². The summed E-state index contributed by atoms with van der Waals surface area (Å²) in [4.78, 5) is 76.4. The Hall–Kier alpha value is -4.54. The van der Waals surface area contributed by atoms with Crippen molar-refractivity contribution in [1.82, 2.24) is 15.5 Å². The van der Waals surface area contributed by atoms with Crippen LogP contribution in [0.5, 0.6) is 0 Å². The van der Waals surface area contributed by atoms with Gasteiger partial charge in [-0.2, -0.15) is 0 Å². The molecule has 3 N–H and O–H groups in total. The standard InChI is InChI=1S/C24H22N4O7/c1-14(29)26-17-9-5-8-16-19(17)21(32)28(20(16)31)24(11-10-18(30)27-22(24)33)13-25-23(34)35-12-15-6-3-2-4-7-15/h2-9H,10-13H2,1H3,(H,25,34)(H,26,29)(H,27,30,33). The van der Waals surface area contributed by atoms with Gasteiger partial charge in [0.1, 0.15) is 12.1 Å². The number of piperidine rings is 1. The zero-order valence-corrected chi connectivity index (χ0v) is 18.8. The summed E-state index contributed by atoms with van der Waals surface area (Å²) >= 11 is 0. The molecule has 11 nitrogen and oxygen atoms in total. The number of alkyl carbamates (subject to hydrolysis) is 1. The second kappa shape index (κ2) is 9.37. The highest BCUT2D eigenvalue weighted by molar-refractivity contribution is 6.27. The Balaban J connectivity index is 1.60. The molecule has 0 aliphatic carbocycles. The quantitative estimate of drug-likeness (QED) is 0.530. The molecule has 2 aromatic rings. The molecule has 35 heavy (non-hydrogen) atoms. The van der Waals surface area contributed by atoms with E-state index in [0.29, 0.717) is 0 Å². The molecule has 180 valence electrons. The van der Waals surface area contributed by atoms with E-state index in [-0.39, 0.29) is 36.3 Å². The third-order valence-corrected chi connectivity index (χ3v) is 5.83. The maximum Gasteiger partial charge on any atom is 0.407 e. The number of ether oxygens (including phenoxy) is 1. The minimum absolute atomic E-state index is 0.00280. The van der Waals surface area contributed by atoms with Crippen molar-refractivity contribution < 1.29 is 33.5 Å². The van der Waals surface area contributed by atoms with Gasteiger partial charge in [0, 0.05) is 13.3 Å². The molecule has 11 heteroatoms. The van der Waals surface area contributed by atoms with E-state index in [0.717, 1.165) is 10.5 Å². The molecule has 4 rings (SSSR count). The highest BCUT2D eigenvalue weighted by Crippen LogP contribution is 2.37. The average molecular weight is 478 g/mol. The van der Waals surface area contributed by atoms with Crippen LogP contribution in [0.25, 0.3) is 0 Å². The Labute approximate surface area is 199 Å². The molecule has 0 aromatic heterocycles. The zero-order valence-electron chi connectivity index (χ0n) is 18.8. The third-order valence-electron chi connectivity index (χ3n) is 5.83. The van der Waals surface area contributed by atoms with Gasteiger partial charge in [0.05, 0.1) is 23.4 Å². The van der Waals surface area contributed by atoms with Crippen molar-refractivity contribution in [3.8, 4) is 0 Å². The molecule has 1 atom stereocenters. The Morgan fingerprint density at radius 3 is 2.46 bits per heavy atom. The van der Waals surface area contributed by atoms with Gasteiger partial charge < -0.3 is 15.4 Å². The fraction of sp³-hybridized carbons (Fsp3) is 0.250. The molecule has 2 heterocycles. The zero-order chi connectivity index (χ0) is 25.2. The van der Waals surface area contributed by atoms with Gasteiger partial charge in [-0.15, -0.1) is 0 Å². The summed E-state index contributed by atoms with van der Waals surface area (Å²) in [5.41, 5.74) is -1.08. The van der Waals surface area contributed by atoms with E-state index < -0.39 is 47.7 Å². The van der Waals surface area contributed by atoms with Crippen LogP contribution in [0.2, 0.25) is 0 Å². The van der Waals surface area contributed by atoms with Gasteiger partial charge in [-0.1, -0.05) is 36.4 Å². The van der Waals surface area contributed by atoms with Crippen molar-refractivity contribution >= 4 is 41.3 Å². The predicted octanol–water partition coefficient (Wildman–Crippen LogP) is 1.34. The van der Waals surface area contributed by atoms with Crippen LogP contribution in [0.1, 0.15) is 46.0 Å². The topological polar surface area (TPSA) is 151 Å². The lowest BCUT2D eigenvalue weighted by Gasteiger charge is -2.41. The number of benzene rings is 2. The third kappa shape index (κ3) is 4.47. The van der Waals surface area contributed by atoms with Crippen molar-refractivity contribution in [3.63, 3.8) is 0 Å². The highest BCUT2D eigenvalue weighted by Gasteiger charge is 2.56. The van der Waals surface area contributed by atoms with E-state index in [9.17, 15) is 28.8 Å². The van der Waals surface area contributed by atoms with Crippen LogP contribution in [0.3, 0.4) is 0 Å². The highest BCUT2D eigenvalue weighted by atomic mass is 16.5. The summed E-state index contributed by atoms with van der Waals surface area (Å²) in [5, 5.41) is 7.12. The Morgan fingerprint density at radius 2 is 1.77 bits per heavy atom. The smallest absolute Gasteiger partial charge is 0.407 e. The van der Waals surface area contributed by atoms with E-state index in [4.69, 9.17) is 4.74 Å². The first-order valence-corrected chi connectivity index (χ1v) is 10.8. The normalized spacial score (nSPS) is 19.2. The first-order valence-electron chi connectivity index (χ1n) is 10.8. The van der Waals surface area contributed by atoms with E-state index in [1.807, 2.05) is 6.07 Å².